The van der Waals surface area contributed by atoms with E-state index in [1.165, 1.54) is 6.42 Å². The average Bonchev–Trinajstić information content (AvgIpc) is 2.95. The summed E-state index contributed by atoms with van der Waals surface area (Å²) in [7, 11) is 0. The van der Waals surface area contributed by atoms with E-state index in [0.717, 1.165) is 35.7 Å². The Morgan fingerprint density at radius 1 is 1.30 bits per heavy atom. The molecule has 1 aliphatic rings. The molecule has 120 valence electrons. The Bertz CT molecular complexity index is 845. The molecule has 23 heavy (non-hydrogen) atoms. The maximum atomic E-state index is 10.3. The number of furan rings is 1. The van der Waals surface area contributed by atoms with Gasteiger partial charge in [0, 0.05) is 17.3 Å². The van der Waals surface area contributed by atoms with Crippen LogP contribution in [0.4, 0.5) is 5.82 Å². The number of fused-ring (bicyclic) bond motifs is 3. The minimum Gasteiger partial charge on any atom is -0.450 e. The summed E-state index contributed by atoms with van der Waals surface area (Å²) in [6, 6.07) is 7.87. The quantitative estimate of drug-likeness (QED) is 0.771. The smallest absolute Gasteiger partial charge is 0.196 e. The molecule has 1 saturated carbocycles. The minimum absolute atomic E-state index is 0.123. The standard InChI is InChI=1S/C18H21N3O2/c1-18(9-5-4-8-14(18)22)10-19-17-16-15(20-11-21-17)12-6-2-3-7-13(12)23-16/h2-3,6-7,11,14,22H,4-5,8-10H2,1H3,(H,19,20,21). The highest BCUT2D eigenvalue weighted by atomic mass is 16.3. The monoisotopic (exact) mass is 311 g/mol. The van der Waals surface area contributed by atoms with Crippen molar-refractivity contribution in [3.05, 3.63) is 30.6 Å². The van der Waals surface area contributed by atoms with Crippen LogP contribution in [0.15, 0.2) is 35.0 Å². The first-order valence-electron chi connectivity index (χ1n) is 8.21. The number of anilines is 1. The van der Waals surface area contributed by atoms with Gasteiger partial charge in [-0.05, 0) is 25.0 Å². The summed E-state index contributed by atoms with van der Waals surface area (Å²) in [5.41, 5.74) is 2.20. The van der Waals surface area contributed by atoms with Gasteiger partial charge in [0.2, 0.25) is 0 Å². The molecule has 1 aliphatic carbocycles. The molecule has 2 aromatic heterocycles. The van der Waals surface area contributed by atoms with Gasteiger partial charge in [0.1, 0.15) is 17.4 Å². The number of nitrogens with one attached hydrogen (secondary N) is 1. The number of para-hydroxylation sites is 1. The lowest BCUT2D eigenvalue weighted by Gasteiger charge is -2.38. The maximum Gasteiger partial charge on any atom is 0.196 e. The molecule has 1 fully saturated rings. The molecule has 0 saturated heterocycles. The summed E-state index contributed by atoms with van der Waals surface area (Å²) in [4.78, 5) is 8.71. The zero-order chi connectivity index (χ0) is 15.9. The Kier molecular flexibility index (Phi) is 3.45. The lowest BCUT2D eigenvalue weighted by molar-refractivity contribution is 0.00959. The second-order valence-corrected chi connectivity index (χ2v) is 6.77. The van der Waals surface area contributed by atoms with Crippen molar-refractivity contribution in [2.45, 2.75) is 38.7 Å². The Balaban J connectivity index is 1.66. The fourth-order valence-electron chi connectivity index (χ4n) is 3.52. The molecule has 5 nitrogen and oxygen atoms in total. The first kappa shape index (κ1) is 14.5. The molecule has 1 aromatic carbocycles. The minimum atomic E-state index is -0.267. The van der Waals surface area contributed by atoms with Crippen LogP contribution in [0.3, 0.4) is 0 Å². The summed E-state index contributed by atoms with van der Waals surface area (Å²) in [5, 5.41) is 14.7. The summed E-state index contributed by atoms with van der Waals surface area (Å²) in [5.74, 6) is 0.699. The van der Waals surface area contributed by atoms with Crippen molar-refractivity contribution >= 4 is 27.9 Å². The third-order valence-corrected chi connectivity index (χ3v) is 5.10. The Labute approximate surface area is 134 Å². The molecule has 4 rings (SSSR count). The number of nitrogens with zero attached hydrogens (tertiary/aromatic N) is 2. The number of aromatic nitrogens is 2. The SMILES string of the molecule is CC1(CNc2ncnc3c2oc2ccccc23)CCCCC1O. The number of aliphatic hydroxyl groups is 1. The lowest BCUT2D eigenvalue weighted by Crippen LogP contribution is -2.41. The summed E-state index contributed by atoms with van der Waals surface area (Å²) in [6.07, 6.45) is 5.47. The fourth-order valence-corrected chi connectivity index (χ4v) is 3.52. The van der Waals surface area contributed by atoms with Crippen molar-refractivity contribution < 1.29 is 9.52 Å². The van der Waals surface area contributed by atoms with Crippen molar-refractivity contribution in [2.75, 3.05) is 11.9 Å². The molecule has 0 spiro atoms. The third-order valence-electron chi connectivity index (χ3n) is 5.10. The van der Waals surface area contributed by atoms with Crippen molar-refractivity contribution in [3.63, 3.8) is 0 Å². The van der Waals surface area contributed by atoms with E-state index in [1.54, 1.807) is 6.33 Å². The van der Waals surface area contributed by atoms with Crippen LogP contribution in [0.5, 0.6) is 0 Å². The topological polar surface area (TPSA) is 71.2 Å². The average molecular weight is 311 g/mol. The van der Waals surface area contributed by atoms with Gasteiger partial charge in [-0.1, -0.05) is 31.9 Å². The predicted molar refractivity (Wildman–Crippen MR) is 90.4 cm³/mol. The van der Waals surface area contributed by atoms with Gasteiger partial charge in [-0.15, -0.1) is 0 Å². The van der Waals surface area contributed by atoms with Crippen LogP contribution in [0.25, 0.3) is 22.1 Å². The van der Waals surface area contributed by atoms with Crippen molar-refractivity contribution in [1.29, 1.82) is 0 Å². The van der Waals surface area contributed by atoms with Crippen LogP contribution in [-0.2, 0) is 0 Å². The van der Waals surface area contributed by atoms with Crippen LogP contribution in [0.1, 0.15) is 32.6 Å². The normalized spacial score (nSPS) is 25.0. The number of hydrogen-bond acceptors (Lipinski definition) is 5. The van der Waals surface area contributed by atoms with Crippen LogP contribution in [0, 0.1) is 5.41 Å². The van der Waals surface area contributed by atoms with Crippen LogP contribution in [0.2, 0.25) is 0 Å². The molecule has 0 radical (unpaired) electrons. The van der Waals surface area contributed by atoms with Gasteiger partial charge in [-0.2, -0.15) is 0 Å². The maximum absolute atomic E-state index is 10.3. The van der Waals surface area contributed by atoms with Gasteiger partial charge in [-0.3, -0.25) is 0 Å². The highest BCUT2D eigenvalue weighted by Gasteiger charge is 2.35. The van der Waals surface area contributed by atoms with E-state index in [2.05, 4.69) is 22.2 Å². The Morgan fingerprint density at radius 3 is 3.04 bits per heavy atom. The van der Waals surface area contributed by atoms with Gasteiger partial charge in [0.05, 0.1) is 6.10 Å². The van der Waals surface area contributed by atoms with Crippen LogP contribution in [-0.4, -0.2) is 27.7 Å². The molecule has 5 heteroatoms. The molecular formula is C18H21N3O2. The molecule has 2 atom stereocenters. The summed E-state index contributed by atoms with van der Waals surface area (Å²) < 4.78 is 5.93. The molecule has 2 N–H and O–H groups in total. The van der Waals surface area contributed by atoms with Crippen LogP contribution < -0.4 is 5.32 Å². The zero-order valence-electron chi connectivity index (χ0n) is 13.2. The second-order valence-electron chi connectivity index (χ2n) is 6.77. The van der Waals surface area contributed by atoms with E-state index in [9.17, 15) is 5.11 Å². The first-order valence-corrected chi connectivity index (χ1v) is 8.21. The third kappa shape index (κ3) is 2.45. The predicted octanol–water partition coefficient (Wildman–Crippen LogP) is 3.73. The molecule has 0 amide bonds. The Morgan fingerprint density at radius 2 is 2.17 bits per heavy atom. The van der Waals surface area contributed by atoms with E-state index in [4.69, 9.17) is 4.42 Å². The number of aliphatic hydroxyl groups excluding tert-OH is 1. The van der Waals surface area contributed by atoms with Crippen molar-refractivity contribution in [3.8, 4) is 0 Å². The van der Waals surface area contributed by atoms with E-state index in [1.807, 2.05) is 24.3 Å². The number of benzene rings is 1. The van der Waals surface area contributed by atoms with Gasteiger partial charge >= 0.3 is 0 Å². The molecule has 2 unspecified atom stereocenters. The van der Waals surface area contributed by atoms with Crippen molar-refractivity contribution in [2.24, 2.45) is 5.41 Å². The van der Waals surface area contributed by atoms with Gasteiger partial charge in [-0.25, -0.2) is 9.97 Å². The highest BCUT2D eigenvalue weighted by molar-refractivity contribution is 6.05. The highest BCUT2D eigenvalue weighted by Crippen LogP contribution is 2.37. The zero-order valence-corrected chi connectivity index (χ0v) is 13.2. The van der Waals surface area contributed by atoms with Gasteiger partial charge < -0.3 is 14.8 Å². The van der Waals surface area contributed by atoms with E-state index in [-0.39, 0.29) is 11.5 Å². The van der Waals surface area contributed by atoms with Crippen LogP contribution >= 0.6 is 0 Å². The van der Waals surface area contributed by atoms with E-state index < -0.39 is 0 Å². The molecule has 2 heterocycles. The molecule has 0 bridgehead atoms. The molecule has 3 aromatic rings. The van der Waals surface area contributed by atoms with Crippen molar-refractivity contribution in [1.82, 2.24) is 9.97 Å². The van der Waals surface area contributed by atoms with E-state index in [0.29, 0.717) is 17.9 Å². The number of rotatable bonds is 3. The Hall–Kier alpha value is -2.14. The van der Waals surface area contributed by atoms with Gasteiger partial charge in [0.15, 0.2) is 11.4 Å². The first-order chi connectivity index (χ1) is 11.2. The largest absolute Gasteiger partial charge is 0.450 e. The second kappa shape index (κ2) is 5.49. The number of hydrogen-bond donors (Lipinski definition) is 2. The fraction of sp³-hybridized carbons (Fsp3) is 0.444. The summed E-state index contributed by atoms with van der Waals surface area (Å²) in [6.45, 7) is 2.82. The summed E-state index contributed by atoms with van der Waals surface area (Å²) >= 11 is 0. The van der Waals surface area contributed by atoms with E-state index >= 15 is 0 Å². The molecular weight excluding hydrogens is 290 g/mol. The lowest BCUT2D eigenvalue weighted by atomic mass is 9.73. The molecule has 0 aliphatic heterocycles. The van der Waals surface area contributed by atoms with Gasteiger partial charge in [0.25, 0.3) is 0 Å².